The van der Waals surface area contributed by atoms with Crippen LogP contribution in [0.15, 0.2) is 18.2 Å². The number of fused-ring (bicyclic) bond motifs is 1. The predicted molar refractivity (Wildman–Crippen MR) is 72.2 cm³/mol. The number of H-pyrrole nitrogens is 1. The number of carbonyl (C=O) groups is 1. The zero-order valence-corrected chi connectivity index (χ0v) is 11.6. The molecule has 10 heteroatoms. The highest BCUT2D eigenvalue weighted by atomic mass is 19.4. The maximum atomic E-state index is 12.4. The van der Waals surface area contributed by atoms with E-state index in [1.54, 1.807) is 0 Å². The normalized spacial score (nSPS) is 20.5. The molecule has 1 aromatic heterocycles. The van der Waals surface area contributed by atoms with Crippen LogP contribution in [-0.4, -0.2) is 27.0 Å². The molecule has 1 aliphatic rings. The van der Waals surface area contributed by atoms with E-state index in [0.29, 0.717) is 16.9 Å². The minimum atomic E-state index is -4.35. The first kappa shape index (κ1) is 15.3. The molecular weight excluding hydrogens is 317 g/mol. The molecule has 1 amide bonds. The van der Waals surface area contributed by atoms with Gasteiger partial charge in [-0.25, -0.2) is 4.98 Å². The number of nitro groups is 1. The van der Waals surface area contributed by atoms with Crippen LogP contribution in [0.3, 0.4) is 0 Å². The molecule has 3 rings (SSSR count). The molecule has 1 saturated carbocycles. The van der Waals surface area contributed by atoms with Crippen molar-refractivity contribution in [3.05, 3.63) is 34.1 Å². The molecule has 2 atom stereocenters. The number of hydrogen-bond acceptors (Lipinski definition) is 4. The largest absolute Gasteiger partial charge is 0.392 e. The molecule has 2 aromatic rings. The predicted octanol–water partition coefficient (Wildman–Crippen LogP) is 2.29. The van der Waals surface area contributed by atoms with Crippen LogP contribution in [0, 0.1) is 22.0 Å². The number of rotatable bonds is 4. The van der Waals surface area contributed by atoms with Gasteiger partial charge in [-0.3, -0.25) is 14.9 Å². The number of nitro benzene ring substituents is 1. The Morgan fingerprint density at radius 1 is 1.48 bits per heavy atom. The number of benzene rings is 1. The maximum absolute atomic E-state index is 12.4. The number of nitrogens with zero attached hydrogens (tertiary/aromatic N) is 2. The third kappa shape index (κ3) is 3.10. The second kappa shape index (κ2) is 5.21. The number of halogens is 3. The van der Waals surface area contributed by atoms with E-state index in [1.807, 2.05) is 0 Å². The Labute approximate surface area is 127 Å². The highest BCUT2D eigenvalue weighted by Gasteiger charge is 2.58. The fourth-order valence-electron chi connectivity index (χ4n) is 2.40. The van der Waals surface area contributed by atoms with Gasteiger partial charge in [0.25, 0.3) is 5.69 Å². The molecule has 0 unspecified atom stereocenters. The topological polar surface area (TPSA) is 101 Å². The average molecular weight is 328 g/mol. The van der Waals surface area contributed by atoms with Crippen molar-refractivity contribution in [3.63, 3.8) is 0 Å². The van der Waals surface area contributed by atoms with Crippen molar-refractivity contribution in [1.29, 1.82) is 0 Å². The lowest BCUT2D eigenvalue weighted by Crippen LogP contribution is -2.27. The summed E-state index contributed by atoms with van der Waals surface area (Å²) in [4.78, 5) is 28.7. The van der Waals surface area contributed by atoms with Gasteiger partial charge < -0.3 is 10.3 Å². The standard InChI is InChI=1S/C13H11F3N4O3/c14-13(15,16)8-4-7(8)12(21)17-5-11-18-9-2-1-6(20(22)23)3-10(9)19-11/h1-3,7-8H,4-5H2,(H,17,21)(H,18,19)/t7-,8-/m1/s1. The first-order chi connectivity index (χ1) is 10.8. The van der Waals surface area contributed by atoms with E-state index >= 15 is 0 Å². The SMILES string of the molecule is O=C(NCc1nc2ccc([N+](=O)[O-])cc2[nH]1)[C@@H]1C[C@H]1C(F)(F)F. The summed E-state index contributed by atoms with van der Waals surface area (Å²) in [5.41, 5.74) is 0.783. The molecule has 7 nitrogen and oxygen atoms in total. The summed E-state index contributed by atoms with van der Waals surface area (Å²) in [7, 11) is 0. The van der Waals surface area contributed by atoms with E-state index in [4.69, 9.17) is 0 Å². The first-order valence-electron chi connectivity index (χ1n) is 6.73. The molecule has 1 fully saturated rings. The molecule has 2 N–H and O–H groups in total. The fraction of sp³-hybridized carbons (Fsp3) is 0.385. The van der Waals surface area contributed by atoms with E-state index in [-0.39, 0.29) is 18.7 Å². The molecule has 23 heavy (non-hydrogen) atoms. The zero-order chi connectivity index (χ0) is 16.8. The van der Waals surface area contributed by atoms with Crippen molar-refractivity contribution in [2.75, 3.05) is 0 Å². The van der Waals surface area contributed by atoms with Crippen molar-refractivity contribution < 1.29 is 22.9 Å². The van der Waals surface area contributed by atoms with Crippen LogP contribution in [0.1, 0.15) is 12.2 Å². The Morgan fingerprint density at radius 2 is 2.22 bits per heavy atom. The van der Waals surface area contributed by atoms with Gasteiger partial charge in [-0.1, -0.05) is 0 Å². The molecule has 0 saturated heterocycles. The van der Waals surface area contributed by atoms with Crippen LogP contribution < -0.4 is 5.32 Å². The van der Waals surface area contributed by atoms with E-state index in [1.165, 1.54) is 18.2 Å². The lowest BCUT2D eigenvalue weighted by molar-refractivity contribution is -0.384. The summed E-state index contributed by atoms with van der Waals surface area (Å²) in [5, 5.41) is 13.1. The van der Waals surface area contributed by atoms with Gasteiger partial charge in [0.15, 0.2) is 0 Å². The van der Waals surface area contributed by atoms with Crippen LogP contribution in [-0.2, 0) is 11.3 Å². The zero-order valence-electron chi connectivity index (χ0n) is 11.6. The number of hydrogen-bond donors (Lipinski definition) is 2. The molecule has 0 bridgehead atoms. The number of alkyl halides is 3. The van der Waals surface area contributed by atoms with Crippen molar-refractivity contribution in [3.8, 4) is 0 Å². The summed E-state index contributed by atoms with van der Waals surface area (Å²) >= 11 is 0. The Hall–Kier alpha value is -2.65. The van der Waals surface area contributed by atoms with Crippen LogP contribution in [0.2, 0.25) is 0 Å². The highest BCUT2D eigenvalue weighted by molar-refractivity contribution is 5.82. The smallest absolute Gasteiger partial charge is 0.349 e. The second-order valence-electron chi connectivity index (χ2n) is 5.35. The number of amides is 1. The van der Waals surface area contributed by atoms with E-state index in [9.17, 15) is 28.1 Å². The van der Waals surface area contributed by atoms with Gasteiger partial charge in [0.2, 0.25) is 5.91 Å². The summed E-state index contributed by atoms with van der Waals surface area (Å²) in [6.07, 6.45) is -4.54. The van der Waals surface area contributed by atoms with Crippen LogP contribution in [0.4, 0.5) is 18.9 Å². The maximum Gasteiger partial charge on any atom is 0.392 e. The van der Waals surface area contributed by atoms with E-state index in [2.05, 4.69) is 15.3 Å². The monoisotopic (exact) mass is 328 g/mol. The minimum absolute atomic E-state index is 0.0671. The Bertz CT molecular complexity index is 786. The van der Waals surface area contributed by atoms with Gasteiger partial charge in [-0.15, -0.1) is 0 Å². The molecule has 0 spiro atoms. The Balaban J connectivity index is 1.64. The molecule has 1 heterocycles. The van der Waals surface area contributed by atoms with Gasteiger partial charge in [0, 0.05) is 12.1 Å². The summed E-state index contributed by atoms with van der Waals surface area (Å²) in [6, 6.07) is 4.05. The van der Waals surface area contributed by atoms with E-state index in [0.717, 1.165) is 0 Å². The molecule has 1 aliphatic carbocycles. The van der Waals surface area contributed by atoms with Gasteiger partial charge in [-0.2, -0.15) is 13.2 Å². The summed E-state index contributed by atoms with van der Waals surface area (Å²) < 4.78 is 37.2. The lowest BCUT2D eigenvalue weighted by Gasteiger charge is -2.05. The molecule has 0 aliphatic heterocycles. The fourth-order valence-corrected chi connectivity index (χ4v) is 2.40. The summed E-state index contributed by atoms with van der Waals surface area (Å²) in [6.45, 7) is -0.0671. The highest BCUT2D eigenvalue weighted by Crippen LogP contribution is 2.50. The van der Waals surface area contributed by atoms with Gasteiger partial charge in [0.05, 0.1) is 34.3 Å². The van der Waals surface area contributed by atoms with Gasteiger partial charge in [-0.05, 0) is 12.5 Å². The Morgan fingerprint density at radius 3 is 2.83 bits per heavy atom. The van der Waals surface area contributed by atoms with Crippen LogP contribution in [0.25, 0.3) is 11.0 Å². The average Bonchev–Trinajstić information content (AvgIpc) is 3.18. The molecule has 1 aromatic carbocycles. The van der Waals surface area contributed by atoms with Crippen LogP contribution >= 0.6 is 0 Å². The lowest BCUT2D eigenvalue weighted by atomic mass is 10.3. The summed E-state index contributed by atoms with van der Waals surface area (Å²) in [5.74, 6) is -2.96. The number of imidazole rings is 1. The van der Waals surface area contributed by atoms with Crippen LogP contribution in [0.5, 0.6) is 0 Å². The quantitative estimate of drug-likeness (QED) is 0.664. The third-order valence-electron chi connectivity index (χ3n) is 3.70. The van der Waals surface area contributed by atoms with E-state index < -0.39 is 28.8 Å². The number of aromatic nitrogens is 2. The van der Waals surface area contributed by atoms with Crippen molar-refractivity contribution in [2.24, 2.45) is 11.8 Å². The third-order valence-corrected chi connectivity index (χ3v) is 3.70. The van der Waals surface area contributed by atoms with Gasteiger partial charge in [0.1, 0.15) is 5.82 Å². The number of aromatic amines is 1. The first-order valence-corrected chi connectivity index (χ1v) is 6.73. The molecular formula is C13H11F3N4O3. The number of nitrogens with one attached hydrogen (secondary N) is 2. The van der Waals surface area contributed by atoms with Crippen molar-refractivity contribution in [2.45, 2.75) is 19.1 Å². The molecule has 0 radical (unpaired) electrons. The minimum Gasteiger partial charge on any atom is -0.349 e. The van der Waals surface area contributed by atoms with Crippen molar-refractivity contribution in [1.82, 2.24) is 15.3 Å². The number of non-ortho nitro benzene ring substituents is 1. The Kier molecular flexibility index (Phi) is 3.46. The second-order valence-corrected chi connectivity index (χ2v) is 5.35. The molecule has 122 valence electrons. The number of carbonyl (C=O) groups excluding carboxylic acids is 1. The van der Waals surface area contributed by atoms with Gasteiger partial charge >= 0.3 is 6.18 Å². The van der Waals surface area contributed by atoms with Crippen molar-refractivity contribution >= 4 is 22.6 Å².